The minimum absolute atomic E-state index is 0. The Kier molecular flexibility index (Phi) is 11.6. The van der Waals surface area contributed by atoms with Crippen LogP contribution in [0.25, 0.3) is 0 Å². The standard InChI is InChI=1S/C12H19NO19S3.Na/c14-3-1-4(10(16)17)30-12(8(3)32-35(25,26)27)31-9-5(2-28-34(22,23)24)29-11(18)6(7(9)15)13-33(19,20)21;/h1,3,5-9,11-15,18H,2H2,(H,16,17)(H,19,20,21)(H,22,23,24)(H,25,26,27);/q;+1. The molecule has 2 aliphatic rings. The molecule has 0 spiro atoms. The van der Waals surface area contributed by atoms with Crippen LogP contribution in [0.4, 0.5) is 0 Å². The van der Waals surface area contributed by atoms with Gasteiger partial charge in [-0.25, -0.2) is 13.2 Å². The van der Waals surface area contributed by atoms with Crippen LogP contribution < -0.4 is 34.3 Å². The molecule has 24 heteroatoms. The molecular weight excluding hydrogens is 581 g/mol. The molecule has 2 heterocycles. The van der Waals surface area contributed by atoms with Crippen molar-refractivity contribution >= 4 is 37.1 Å². The van der Waals surface area contributed by atoms with Crippen LogP contribution in [-0.4, -0.2) is 121 Å². The average molecular weight is 600 g/mol. The minimum atomic E-state index is -5.36. The third-order valence-electron chi connectivity index (χ3n) is 4.26. The SMILES string of the molecule is O=C(O)C1=CC(O)C(OS(=O)(=O)O)C(OC2C(COS(=O)(=O)O)OC(O)C(NS(=O)(=O)O)C2O)O1.[Na+]. The zero-order chi connectivity index (χ0) is 26.9. The second kappa shape index (κ2) is 12.5. The molecular formula is C12H19NNaO19S3+. The van der Waals surface area contributed by atoms with E-state index in [1.54, 1.807) is 0 Å². The summed E-state index contributed by atoms with van der Waals surface area (Å²) in [7, 11) is -15.7. The first-order valence-corrected chi connectivity index (χ1v) is 12.9. The molecule has 8 N–H and O–H groups in total. The number of carboxylic acids is 1. The largest absolute Gasteiger partial charge is 1.00 e. The maximum atomic E-state index is 11.2. The van der Waals surface area contributed by atoms with Crippen LogP contribution in [0.2, 0.25) is 0 Å². The third-order valence-corrected chi connectivity index (χ3v) is 5.73. The minimum Gasteiger partial charge on any atom is -0.475 e. The van der Waals surface area contributed by atoms with Gasteiger partial charge >= 0.3 is 66.6 Å². The molecule has 204 valence electrons. The summed E-state index contributed by atoms with van der Waals surface area (Å²) < 4.78 is 117. The van der Waals surface area contributed by atoms with Gasteiger partial charge in [-0.2, -0.15) is 30.0 Å². The van der Waals surface area contributed by atoms with Gasteiger partial charge < -0.3 is 34.6 Å². The van der Waals surface area contributed by atoms with Gasteiger partial charge in [0.2, 0.25) is 12.0 Å². The number of aliphatic hydroxyl groups excluding tert-OH is 3. The number of rotatable bonds is 10. The van der Waals surface area contributed by atoms with E-state index in [0.29, 0.717) is 6.08 Å². The summed E-state index contributed by atoms with van der Waals surface area (Å²) in [4.78, 5) is 11.2. The van der Waals surface area contributed by atoms with E-state index in [9.17, 15) is 45.4 Å². The predicted molar refractivity (Wildman–Crippen MR) is 101 cm³/mol. The fourth-order valence-corrected chi connectivity index (χ4v) is 4.35. The Balaban J connectivity index is 0.00000648. The molecule has 36 heavy (non-hydrogen) atoms. The summed E-state index contributed by atoms with van der Waals surface area (Å²) >= 11 is 0. The molecule has 0 amide bonds. The molecule has 8 atom stereocenters. The predicted octanol–water partition coefficient (Wildman–Crippen LogP) is -8.09. The second-order valence-electron chi connectivity index (χ2n) is 6.79. The molecule has 8 unspecified atom stereocenters. The Hall–Kier alpha value is -0.580. The fourth-order valence-electron chi connectivity index (χ4n) is 2.96. The van der Waals surface area contributed by atoms with Gasteiger partial charge in [-0.3, -0.25) is 13.7 Å². The Morgan fingerprint density at radius 2 is 1.58 bits per heavy atom. The van der Waals surface area contributed by atoms with Crippen molar-refractivity contribution in [3.05, 3.63) is 11.8 Å². The van der Waals surface area contributed by atoms with Crippen molar-refractivity contribution in [1.29, 1.82) is 0 Å². The van der Waals surface area contributed by atoms with Crippen molar-refractivity contribution in [2.75, 3.05) is 6.61 Å². The zero-order valence-electron chi connectivity index (χ0n) is 17.7. The van der Waals surface area contributed by atoms with Crippen molar-refractivity contribution in [1.82, 2.24) is 4.72 Å². The van der Waals surface area contributed by atoms with Crippen LogP contribution in [0.1, 0.15) is 0 Å². The zero-order valence-corrected chi connectivity index (χ0v) is 22.1. The topological polar surface area (TPSA) is 319 Å². The molecule has 0 aliphatic carbocycles. The van der Waals surface area contributed by atoms with Crippen molar-refractivity contribution in [2.24, 2.45) is 0 Å². The van der Waals surface area contributed by atoms with E-state index in [0.717, 1.165) is 0 Å². The molecule has 20 nitrogen and oxygen atoms in total. The summed E-state index contributed by atoms with van der Waals surface area (Å²) in [5.41, 5.74) is 0. The summed E-state index contributed by atoms with van der Waals surface area (Å²) in [6, 6.07) is -2.15. The number of ether oxygens (including phenoxy) is 3. The summed E-state index contributed by atoms with van der Waals surface area (Å²) in [6.45, 7) is -1.25. The van der Waals surface area contributed by atoms with Crippen molar-refractivity contribution in [2.45, 2.75) is 49.1 Å². The van der Waals surface area contributed by atoms with Gasteiger partial charge in [0, 0.05) is 0 Å². The fraction of sp³-hybridized carbons (Fsp3) is 0.750. The Labute approximate surface area is 224 Å². The maximum absolute atomic E-state index is 11.2. The molecule has 0 aromatic rings. The van der Waals surface area contributed by atoms with Gasteiger partial charge in [-0.15, -0.1) is 0 Å². The van der Waals surface area contributed by atoms with E-state index in [-0.39, 0.29) is 29.6 Å². The number of nitrogens with one attached hydrogen (secondary N) is 1. The Bertz CT molecular complexity index is 1140. The number of hydrogen-bond donors (Lipinski definition) is 8. The van der Waals surface area contributed by atoms with E-state index < -0.39 is 98.6 Å². The monoisotopic (exact) mass is 600 g/mol. The van der Waals surface area contributed by atoms with E-state index in [1.165, 1.54) is 4.72 Å². The van der Waals surface area contributed by atoms with Gasteiger partial charge in [-0.1, -0.05) is 0 Å². The molecule has 1 fully saturated rings. The Morgan fingerprint density at radius 3 is 2.06 bits per heavy atom. The number of aliphatic hydroxyl groups is 3. The summed E-state index contributed by atoms with van der Waals surface area (Å²) in [6.07, 6.45) is -15.1. The van der Waals surface area contributed by atoms with E-state index in [2.05, 4.69) is 8.37 Å². The average Bonchev–Trinajstić information content (AvgIpc) is 2.65. The maximum Gasteiger partial charge on any atom is 1.00 e. The van der Waals surface area contributed by atoms with E-state index in [1.807, 2.05) is 0 Å². The smallest absolute Gasteiger partial charge is 0.475 e. The van der Waals surface area contributed by atoms with Gasteiger partial charge in [0.1, 0.15) is 30.5 Å². The number of hydrogen-bond acceptors (Lipinski definition) is 15. The van der Waals surface area contributed by atoms with Crippen LogP contribution in [0, 0.1) is 0 Å². The first-order chi connectivity index (χ1) is 15.8. The molecule has 0 saturated carbocycles. The normalized spacial score (nSPS) is 33.7. The summed E-state index contributed by atoms with van der Waals surface area (Å²) in [5, 5.41) is 39.6. The van der Waals surface area contributed by atoms with Gasteiger partial charge in [0.05, 0.1) is 6.61 Å². The first kappa shape index (κ1) is 33.4. The molecule has 1 saturated heterocycles. The van der Waals surface area contributed by atoms with Crippen LogP contribution in [0.3, 0.4) is 0 Å². The van der Waals surface area contributed by atoms with Gasteiger partial charge in [-0.05, 0) is 6.08 Å². The number of carboxylic acid groups (broad SMARTS) is 1. The third kappa shape index (κ3) is 9.95. The molecule has 0 radical (unpaired) electrons. The quantitative estimate of drug-likeness (QED) is 0.0852. The van der Waals surface area contributed by atoms with E-state index in [4.69, 9.17) is 33.0 Å². The molecule has 2 aliphatic heterocycles. The van der Waals surface area contributed by atoms with Crippen LogP contribution in [-0.2, 0) is 58.5 Å². The summed E-state index contributed by atoms with van der Waals surface area (Å²) in [5.74, 6) is -2.88. The molecule has 2 rings (SSSR count). The molecule has 0 bridgehead atoms. The Morgan fingerprint density at radius 1 is 1.00 bits per heavy atom. The second-order valence-corrected chi connectivity index (χ2v) is 10.1. The van der Waals surface area contributed by atoms with Crippen LogP contribution in [0.15, 0.2) is 11.8 Å². The van der Waals surface area contributed by atoms with Crippen molar-refractivity contribution in [3.8, 4) is 0 Å². The van der Waals surface area contributed by atoms with Crippen LogP contribution in [0.5, 0.6) is 0 Å². The van der Waals surface area contributed by atoms with E-state index >= 15 is 0 Å². The van der Waals surface area contributed by atoms with Gasteiger partial charge in [0.25, 0.3) is 0 Å². The van der Waals surface area contributed by atoms with Crippen molar-refractivity contribution in [3.63, 3.8) is 0 Å². The number of carbonyl (C=O) groups is 1. The first-order valence-electron chi connectivity index (χ1n) is 8.76. The van der Waals surface area contributed by atoms with Crippen molar-refractivity contribution < 1.29 is 116 Å². The number of aliphatic carboxylic acids is 1. The van der Waals surface area contributed by atoms with Crippen LogP contribution >= 0.6 is 0 Å². The molecule has 0 aromatic carbocycles. The molecule has 0 aromatic heterocycles. The van der Waals surface area contributed by atoms with Gasteiger partial charge in [0.15, 0.2) is 12.4 Å².